The molecule has 160 valence electrons. The smallest absolute Gasteiger partial charge is 0.225 e. The van der Waals surface area contributed by atoms with E-state index in [2.05, 4.69) is 35.1 Å². The summed E-state index contributed by atoms with van der Waals surface area (Å²) in [5.41, 5.74) is 3.38. The van der Waals surface area contributed by atoms with Crippen molar-refractivity contribution in [3.8, 4) is 11.1 Å². The first-order valence-corrected chi connectivity index (χ1v) is 12.4. The van der Waals surface area contributed by atoms with Crippen molar-refractivity contribution >= 4 is 15.9 Å². The number of likely N-dealkylation sites (tertiary alicyclic amines) is 1. The molecule has 0 unspecified atom stereocenters. The molecule has 1 heterocycles. The molecule has 2 aromatic rings. The van der Waals surface area contributed by atoms with Gasteiger partial charge in [-0.3, -0.25) is 4.79 Å². The lowest BCUT2D eigenvalue weighted by Gasteiger charge is -2.30. The Hall–Kier alpha value is -2.18. The highest BCUT2D eigenvalue weighted by Crippen LogP contribution is 2.31. The molecule has 0 radical (unpaired) electrons. The maximum absolute atomic E-state index is 12.8. The number of benzene rings is 2. The van der Waals surface area contributed by atoms with Gasteiger partial charge in [-0.1, -0.05) is 68.4 Å². The predicted octanol–water partition coefficient (Wildman–Crippen LogP) is 3.60. The third-order valence-electron chi connectivity index (χ3n) is 6.08. The molecule has 2 aromatic carbocycles. The van der Waals surface area contributed by atoms with E-state index < -0.39 is 10.0 Å². The lowest BCUT2D eigenvalue weighted by molar-refractivity contribution is -0.135. The molecule has 6 heteroatoms. The molecule has 1 aliphatic heterocycles. The van der Waals surface area contributed by atoms with Crippen LogP contribution < -0.4 is 4.72 Å². The lowest BCUT2D eigenvalue weighted by Crippen LogP contribution is -2.49. The van der Waals surface area contributed by atoms with E-state index in [1.807, 2.05) is 43.0 Å². The summed E-state index contributed by atoms with van der Waals surface area (Å²) in [6.07, 6.45) is 2.77. The molecule has 1 N–H and O–H groups in total. The second kappa shape index (κ2) is 8.52. The lowest BCUT2D eigenvalue weighted by atomic mass is 9.96. The minimum Gasteiger partial charge on any atom is -0.337 e. The molecule has 0 spiro atoms. The highest BCUT2D eigenvalue weighted by atomic mass is 32.2. The van der Waals surface area contributed by atoms with E-state index in [-0.39, 0.29) is 29.2 Å². The first-order chi connectivity index (χ1) is 14.3. The maximum Gasteiger partial charge on any atom is 0.225 e. The Morgan fingerprint density at radius 3 is 2.40 bits per heavy atom. The van der Waals surface area contributed by atoms with Gasteiger partial charge in [0, 0.05) is 18.5 Å². The first-order valence-electron chi connectivity index (χ1n) is 10.8. The van der Waals surface area contributed by atoms with Gasteiger partial charge < -0.3 is 4.90 Å². The highest BCUT2D eigenvalue weighted by molar-refractivity contribution is 7.90. The van der Waals surface area contributed by atoms with Crippen molar-refractivity contribution in [1.29, 1.82) is 0 Å². The number of nitrogens with zero attached hydrogens (tertiary/aromatic N) is 1. The van der Waals surface area contributed by atoms with Crippen LogP contribution in [0.15, 0.2) is 54.6 Å². The third-order valence-corrected chi connectivity index (χ3v) is 8.06. The minimum absolute atomic E-state index is 0.0901. The third kappa shape index (κ3) is 4.60. The van der Waals surface area contributed by atoms with E-state index in [0.29, 0.717) is 19.4 Å². The quantitative estimate of drug-likeness (QED) is 0.736. The monoisotopic (exact) mass is 426 g/mol. The van der Waals surface area contributed by atoms with Gasteiger partial charge in [0.2, 0.25) is 15.9 Å². The minimum atomic E-state index is -3.30. The number of rotatable bonds is 7. The van der Waals surface area contributed by atoms with Crippen LogP contribution in [0.1, 0.15) is 38.7 Å². The summed E-state index contributed by atoms with van der Waals surface area (Å²) in [5, 5.41) is -0.255. The van der Waals surface area contributed by atoms with Crippen LogP contribution in [0.4, 0.5) is 0 Å². The van der Waals surface area contributed by atoms with Crippen molar-refractivity contribution in [2.24, 2.45) is 5.92 Å². The topological polar surface area (TPSA) is 66.5 Å². The maximum atomic E-state index is 12.8. The van der Waals surface area contributed by atoms with Crippen LogP contribution >= 0.6 is 0 Å². The molecule has 0 bridgehead atoms. The van der Waals surface area contributed by atoms with Gasteiger partial charge in [0.1, 0.15) is 0 Å². The summed E-state index contributed by atoms with van der Waals surface area (Å²) < 4.78 is 28.1. The summed E-state index contributed by atoms with van der Waals surface area (Å²) in [5.74, 6) is -0.0192. The van der Waals surface area contributed by atoms with Crippen molar-refractivity contribution < 1.29 is 13.2 Å². The number of amides is 1. The summed E-state index contributed by atoms with van der Waals surface area (Å²) >= 11 is 0. The molecule has 0 aromatic heterocycles. The van der Waals surface area contributed by atoms with Crippen molar-refractivity contribution in [1.82, 2.24) is 9.62 Å². The van der Waals surface area contributed by atoms with Gasteiger partial charge in [0.15, 0.2) is 0 Å². The Morgan fingerprint density at radius 2 is 1.73 bits per heavy atom. The molecule has 30 heavy (non-hydrogen) atoms. The summed E-state index contributed by atoms with van der Waals surface area (Å²) in [6, 6.07) is 18.1. The molecule has 5 nitrogen and oxygen atoms in total. The summed E-state index contributed by atoms with van der Waals surface area (Å²) in [4.78, 5) is 14.7. The van der Waals surface area contributed by atoms with Crippen LogP contribution in [0.5, 0.6) is 0 Å². The first kappa shape index (κ1) is 21.1. The summed E-state index contributed by atoms with van der Waals surface area (Å²) in [6.45, 7) is 4.39. The zero-order valence-corrected chi connectivity index (χ0v) is 18.4. The van der Waals surface area contributed by atoms with E-state index in [0.717, 1.165) is 29.5 Å². The molecule has 1 saturated heterocycles. The Balaban J connectivity index is 1.59. The highest BCUT2D eigenvalue weighted by Gasteiger charge is 2.43. The number of carbonyl (C=O) groups is 1. The van der Waals surface area contributed by atoms with Crippen LogP contribution in [0.3, 0.4) is 0 Å². The molecule has 2 fully saturated rings. The average molecular weight is 427 g/mol. The summed E-state index contributed by atoms with van der Waals surface area (Å²) in [7, 11) is -3.30. The molecule has 4 rings (SSSR count). The van der Waals surface area contributed by atoms with E-state index in [1.54, 1.807) is 0 Å². The van der Waals surface area contributed by atoms with Crippen LogP contribution in [-0.4, -0.2) is 43.1 Å². The fourth-order valence-electron chi connectivity index (χ4n) is 4.28. The second-order valence-corrected chi connectivity index (χ2v) is 10.8. The Morgan fingerprint density at radius 1 is 1.03 bits per heavy atom. The van der Waals surface area contributed by atoms with Crippen molar-refractivity contribution in [3.05, 3.63) is 60.2 Å². The van der Waals surface area contributed by atoms with Crippen LogP contribution in [0.25, 0.3) is 11.1 Å². The van der Waals surface area contributed by atoms with E-state index in [4.69, 9.17) is 0 Å². The fourth-order valence-corrected chi connectivity index (χ4v) is 5.93. The van der Waals surface area contributed by atoms with Gasteiger partial charge in [-0.2, -0.15) is 0 Å². The van der Waals surface area contributed by atoms with E-state index >= 15 is 0 Å². The van der Waals surface area contributed by atoms with Gasteiger partial charge in [0.05, 0.1) is 11.3 Å². The standard InChI is InChI=1S/C24H30N2O3S/c1-17(2)24(27)26-14-13-22(25-30(28,29)21-11-12-21)23(26)16-18-7-6-10-20(15-18)19-8-4-3-5-9-19/h3-10,15,17,21-23,25H,11-14,16H2,1-2H3/t22-,23-/m1/s1. The van der Waals surface area contributed by atoms with E-state index in [1.165, 1.54) is 0 Å². The predicted molar refractivity (Wildman–Crippen MR) is 119 cm³/mol. The fraction of sp³-hybridized carbons (Fsp3) is 0.458. The SMILES string of the molecule is CC(C)C(=O)N1CC[C@@H](NS(=O)(=O)C2CC2)[C@H]1Cc1cccc(-c2ccccc2)c1. The molecule has 1 saturated carbocycles. The molecule has 1 aliphatic carbocycles. The Bertz CT molecular complexity index is 1000. The van der Waals surface area contributed by atoms with Crippen LogP contribution in [0, 0.1) is 5.92 Å². The molecule has 2 atom stereocenters. The Labute approximate surface area is 179 Å². The number of hydrogen-bond donors (Lipinski definition) is 1. The zero-order valence-electron chi connectivity index (χ0n) is 17.6. The molecule has 2 aliphatic rings. The Kier molecular flexibility index (Phi) is 5.98. The van der Waals surface area contributed by atoms with Crippen LogP contribution in [-0.2, 0) is 21.2 Å². The largest absolute Gasteiger partial charge is 0.337 e. The van der Waals surface area contributed by atoms with Gasteiger partial charge in [-0.05, 0) is 42.4 Å². The van der Waals surface area contributed by atoms with Crippen LogP contribution in [0.2, 0.25) is 0 Å². The zero-order chi connectivity index (χ0) is 21.3. The van der Waals surface area contributed by atoms with Gasteiger partial charge in [-0.25, -0.2) is 13.1 Å². The number of nitrogens with one attached hydrogen (secondary N) is 1. The van der Waals surface area contributed by atoms with Crippen molar-refractivity contribution in [2.75, 3.05) is 6.54 Å². The van der Waals surface area contributed by atoms with Gasteiger partial charge in [0.25, 0.3) is 0 Å². The van der Waals surface area contributed by atoms with E-state index in [9.17, 15) is 13.2 Å². The van der Waals surface area contributed by atoms with Crippen molar-refractivity contribution in [2.45, 2.75) is 56.9 Å². The molecular weight excluding hydrogens is 396 g/mol. The normalized spacial score (nSPS) is 21.9. The number of hydrogen-bond acceptors (Lipinski definition) is 3. The number of carbonyl (C=O) groups excluding carboxylic acids is 1. The van der Waals surface area contributed by atoms with Gasteiger partial charge in [-0.15, -0.1) is 0 Å². The molecular formula is C24H30N2O3S. The van der Waals surface area contributed by atoms with Crippen molar-refractivity contribution in [3.63, 3.8) is 0 Å². The average Bonchev–Trinajstić information content (AvgIpc) is 3.53. The van der Waals surface area contributed by atoms with Gasteiger partial charge >= 0.3 is 0 Å². The number of sulfonamides is 1. The second-order valence-electron chi connectivity index (χ2n) is 8.78. The molecule has 1 amide bonds.